The molecule has 4 aromatic carbocycles. The number of allylic oxidation sites excluding steroid dienone is 2. The molecule has 1 aliphatic heterocycles. The number of aromatic nitrogens is 3. The van der Waals surface area contributed by atoms with Crippen LogP contribution in [-0.4, -0.2) is 21.1 Å². The number of para-hydroxylation sites is 1. The molecule has 7 aromatic rings. The van der Waals surface area contributed by atoms with Crippen molar-refractivity contribution in [3.8, 4) is 28.1 Å². The zero-order valence-electron chi connectivity index (χ0n) is 22.3. The molecule has 4 nitrogen and oxygen atoms in total. The molecule has 0 unspecified atom stereocenters. The Bertz CT molecular complexity index is 2140. The molecule has 0 spiro atoms. The highest BCUT2D eigenvalue weighted by Gasteiger charge is 2.17. The number of nitrogens with one attached hydrogen (secondary N) is 1. The van der Waals surface area contributed by atoms with E-state index in [2.05, 4.69) is 117 Å². The maximum absolute atomic E-state index is 4.54. The van der Waals surface area contributed by atoms with Crippen LogP contribution in [0.4, 0.5) is 0 Å². The quantitative estimate of drug-likeness (QED) is 0.250. The van der Waals surface area contributed by atoms with Gasteiger partial charge in [0.15, 0.2) is 0 Å². The van der Waals surface area contributed by atoms with E-state index in [1.165, 1.54) is 43.7 Å². The molecule has 0 aliphatic carbocycles. The summed E-state index contributed by atoms with van der Waals surface area (Å²) in [6, 6.07) is 36.9. The molecule has 3 aromatic heterocycles. The molecule has 0 atom stereocenters. The van der Waals surface area contributed by atoms with Crippen LogP contribution >= 0.6 is 0 Å². The van der Waals surface area contributed by atoms with Gasteiger partial charge in [0.05, 0.1) is 16.7 Å². The van der Waals surface area contributed by atoms with Gasteiger partial charge >= 0.3 is 0 Å². The van der Waals surface area contributed by atoms with E-state index >= 15 is 0 Å². The summed E-state index contributed by atoms with van der Waals surface area (Å²) in [5.74, 6) is 0. The highest BCUT2D eigenvalue weighted by atomic mass is 15.0. The number of dihydropyridines is 1. The van der Waals surface area contributed by atoms with E-state index in [4.69, 9.17) is 0 Å². The first-order valence-electron chi connectivity index (χ1n) is 13.9. The molecule has 0 fully saturated rings. The second-order valence-corrected chi connectivity index (χ2v) is 10.4. The van der Waals surface area contributed by atoms with Crippen LogP contribution in [0, 0.1) is 0 Å². The van der Waals surface area contributed by atoms with Crippen LogP contribution in [0.1, 0.15) is 5.56 Å². The minimum atomic E-state index is 0.846. The van der Waals surface area contributed by atoms with Crippen LogP contribution in [0.3, 0.4) is 0 Å². The molecule has 194 valence electrons. The Labute approximate surface area is 237 Å². The van der Waals surface area contributed by atoms with Crippen molar-refractivity contribution >= 4 is 38.2 Å². The van der Waals surface area contributed by atoms with Gasteiger partial charge in [0.25, 0.3) is 0 Å². The normalized spacial score (nSPS) is 13.0. The lowest BCUT2D eigenvalue weighted by Gasteiger charge is -2.12. The molecule has 0 bridgehead atoms. The fraction of sp³-hybridized carbons (Fsp3) is 0.0270. The number of hydrogen-bond donors (Lipinski definition) is 1. The fourth-order valence-electron chi connectivity index (χ4n) is 5.98. The average Bonchev–Trinajstić information content (AvgIpc) is 3.40. The Kier molecular flexibility index (Phi) is 5.49. The third-order valence-corrected chi connectivity index (χ3v) is 7.94. The van der Waals surface area contributed by atoms with Crippen molar-refractivity contribution in [2.45, 2.75) is 0 Å². The van der Waals surface area contributed by atoms with Crippen molar-refractivity contribution < 1.29 is 0 Å². The summed E-state index contributed by atoms with van der Waals surface area (Å²) in [7, 11) is 0. The van der Waals surface area contributed by atoms with Crippen LogP contribution in [0.15, 0.2) is 140 Å². The van der Waals surface area contributed by atoms with Crippen molar-refractivity contribution in [3.63, 3.8) is 0 Å². The lowest BCUT2D eigenvalue weighted by Crippen LogP contribution is -2.08. The molecule has 0 saturated carbocycles. The zero-order valence-corrected chi connectivity index (χ0v) is 22.3. The predicted octanol–water partition coefficient (Wildman–Crippen LogP) is 8.56. The molecular weight excluding hydrogens is 500 g/mol. The van der Waals surface area contributed by atoms with Crippen molar-refractivity contribution in [1.29, 1.82) is 0 Å². The van der Waals surface area contributed by atoms with E-state index in [-0.39, 0.29) is 0 Å². The molecule has 4 heterocycles. The Hall–Kier alpha value is -5.48. The van der Waals surface area contributed by atoms with E-state index in [0.29, 0.717) is 0 Å². The summed E-state index contributed by atoms with van der Waals surface area (Å²) >= 11 is 0. The van der Waals surface area contributed by atoms with Gasteiger partial charge in [-0.05, 0) is 76.8 Å². The van der Waals surface area contributed by atoms with Gasteiger partial charge in [-0.3, -0.25) is 9.97 Å². The van der Waals surface area contributed by atoms with Crippen molar-refractivity contribution in [3.05, 3.63) is 146 Å². The van der Waals surface area contributed by atoms with Crippen molar-refractivity contribution in [1.82, 2.24) is 19.9 Å². The standard InChI is InChI=1S/C37H26N4/c1-2-6-31(7-3-1)41-36-22-27(25-15-18-38-19-16-25)10-13-33(36)34-14-11-28-20-26(9-12-32(28)37(34)41)29-21-30(24-39-23-29)35-8-4-5-17-40-35/h1-18,20-24,38H,19H2. The first kappa shape index (κ1) is 23.4. The van der Waals surface area contributed by atoms with Crippen LogP contribution in [0.25, 0.3) is 66.2 Å². The summed E-state index contributed by atoms with van der Waals surface area (Å²) in [6.45, 7) is 0.846. The van der Waals surface area contributed by atoms with Gasteiger partial charge in [0.2, 0.25) is 0 Å². The third kappa shape index (κ3) is 4.00. The molecule has 1 N–H and O–H groups in total. The van der Waals surface area contributed by atoms with Gasteiger partial charge in [0, 0.05) is 58.1 Å². The van der Waals surface area contributed by atoms with E-state index < -0.39 is 0 Å². The summed E-state index contributed by atoms with van der Waals surface area (Å²) in [5, 5.41) is 8.19. The SMILES string of the molecule is C1=CC(c2ccc3c4ccc5cc(-c6cncc(-c7ccccn7)c6)ccc5c4n(-c4ccccc4)c3c2)=CCN1. The number of hydrogen-bond acceptors (Lipinski definition) is 3. The molecule has 0 amide bonds. The maximum Gasteiger partial charge on any atom is 0.0717 e. The van der Waals surface area contributed by atoms with Gasteiger partial charge in [-0.15, -0.1) is 0 Å². The predicted molar refractivity (Wildman–Crippen MR) is 170 cm³/mol. The van der Waals surface area contributed by atoms with E-state index in [0.717, 1.165) is 34.6 Å². The molecule has 8 rings (SSSR count). The molecule has 0 saturated heterocycles. The Morgan fingerprint density at radius 2 is 1.49 bits per heavy atom. The van der Waals surface area contributed by atoms with Crippen LogP contribution in [0.2, 0.25) is 0 Å². The highest BCUT2D eigenvalue weighted by molar-refractivity contribution is 6.19. The second kappa shape index (κ2) is 9.61. The molecule has 41 heavy (non-hydrogen) atoms. The average molecular weight is 527 g/mol. The van der Waals surface area contributed by atoms with Gasteiger partial charge in [-0.25, -0.2) is 0 Å². The van der Waals surface area contributed by atoms with Crippen LogP contribution in [-0.2, 0) is 0 Å². The Balaban J connectivity index is 1.34. The van der Waals surface area contributed by atoms with E-state index in [9.17, 15) is 0 Å². The van der Waals surface area contributed by atoms with Gasteiger partial charge in [0.1, 0.15) is 0 Å². The highest BCUT2D eigenvalue weighted by Crippen LogP contribution is 2.39. The summed E-state index contributed by atoms with van der Waals surface area (Å²) < 4.78 is 2.42. The summed E-state index contributed by atoms with van der Waals surface area (Å²) in [5.41, 5.74) is 10.2. The fourth-order valence-corrected chi connectivity index (χ4v) is 5.98. The van der Waals surface area contributed by atoms with Crippen molar-refractivity contribution in [2.24, 2.45) is 0 Å². The first-order valence-corrected chi connectivity index (χ1v) is 13.9. The zero-order chi connectivity index (χ0) is 27.2. The lowest BCUT2D eigenvalue weighted by molar-refractivity contribution is 0.976. The second-order valence-electron chi connectivity index (χ2n) is 10.4. The molecule has 4 heteroatoms. The number of pyridine rings is 2. The van der Waals surface area contributed by atoms with E-state index in [1.807, 2.05) is 43.0 Å². The Morgan fingerprint density at radius 3 is 2.34 bits per heavy atom. The van der Waals surface area contributed by atoms with Crippen LogP contribution < -0.4 is 5.32 Å². The number of benzene rings is 4. The maximum atomic E-state index is 4.54. The number of rotatable bonds is 4. The molecular formula is C37H26N4. The summed E-state index contributed by atoms with van der Waals surface area (Å²) in [4.78, 5) is 9.05. The number of nitrogens with zero attached hydrogens (tertiary/aromatic N) is 3. The van der Waals surface area contributed by atoms with E-state index in [1.54, 1.807) is 0 Å². The smallest absolute Gasteiger partial charge is 0.0717 e. The monoisotopic (exact) mass is 526 g/mol. The van der Waals surface area contributed by atoms with Crippen molar-refractivity contribution in [2.75, 3.05) is 6.54 Å². The lowest BCUT2D eigenvalue weighted by atomic mass is 9.98. The largest absolute Gasteiger partial charge is 0.387 e. The van der Waals surface area contributed by atoms with Gasteiger partial charge in [-0.2, -0.15) is 0 Å². The topological polar surface area (TPSA) is 42.7 Å². The minimum Gasteiger partial charge on any atom is -0.387 e. The summed E-state index contributed by atoms with van der Waals surface area (Å²) in [6.07, 6.45) is 12.0. The first-order chi connectivity index (χ1) is 20.3. The van der Waals surface area contributed by atoms with Crippen LogP contribution in [0.5, 0.6) is 0 Å². The Morgan fingerprint density at radius 1 is 0.659 bits per heavy atom. The number of fused-ring (bicyclic) bond motifs is 5. The van der Waals surface area contributed by atoms with Gasteiger partial charge < -0.3 is 9.88 Å². The third-order valence-electron chi connectivity index (χ3n) is 7.94. The molecule has 1 aliphatic rings. The minimum absolute atomic E-state index is 0.846. The van der Waals surface area contributed by atoms with Gasteiger partial charge in [-0.1, -0.05) is 66.7 Å². The molecule has 0 radical (unpaired) electrons.